The highest BCUT2D eigenvalue weighted by molar-refractivity contribution is 5.05. The summed E-state index contributed by atoms with van der Waals surface area (Å²) < 4.78 is 12.2. The van der Waals surface area contributed by atoms with Gasteiger partial charge in [-0.05, 0) is 18.4 Å². The van der Waals surface area contributed by atoms with Crippen molar-refractivity contribution in [2.45, 2.75) is 70.7 Å². The lowest BCUT2D eigenvalue weighted by Crippen LogP contribution is -2.41. The van der Waals surface area contributed by atoms with Crippen LogP contribution in [-0.4, -0.2) is 62.0 Å². The van der Waals surface area contributed by atoms with Gasteiger partial charge in [-0.1, -0.05) is 38.3 Å². The average Bonchev–Trinajstić information content (AvgIpc) is 3.00. The normalized spacial score (nSPS) is 28.4. The van der Waals surface area contributed by atoms with Crippen molar-refractivity contribution < 1.29 is 24.8 Å². The molecular weight excluding hydrogens is 326 g/mol. The number of aromatic nitrogens is 3. The van der Waals surface area contributed by atoms with Gasteiger partial charge >= 0.3 is 0 Å². The Morgan fingerprint density at radius 2 is 2.12 bits per heavy atom. The molecule has 0 saturated carbocycles. The lowest BCUT2D eigenvalue weighted by atomic mass is 9.96. The van der Waals surface area contributed by atoms with Crippen molar-refractivity contribution in [1.29, 1.82) is 0 Å². The summed E-state index contributed by atoms with van der Waals surface area (Å²) in [5, 5.41) is 38.3. The van der Waals surface area contributed by atoms with E-state index < -0.39 is 24.6 Å². The highest BCUT2D eigenvalue weighted by Crippen LogP contribution is 2.21. The fourth-order valence-electron chi connectivity index (χ4n) is 3.07. The third-order valence-corrected chi connectivity index (χ3v) is 4.55. The first kappa shape index (κ1) is 19.8. The van der Waals surface area contributed by atoms with Crippen LogP contribution in [0.25, 0.3) is 0 Å². The molecule has 3 N–H and O–H groups in total. The summed E-state index contributed by atoms with van der Waals surface area (Å²) >= 11 is 0. The number of hydrogen-bond donors (Lipinski definition) is 3. The van der Waals surface area contributed by atoms with Crippen LogP contribution in [-0.2, 0) is 22.4 Å². The second-order valence-corrected chi connectivity index (χ2v) is 6.51. The molecule has 1 aliphatic rings. The maximum Gasteiger partial charge on any atom is 0.216 e. The number of ether oxygens (including phenoxy) is 2. The Morgan fingerprint density at radius 3 is 2.76 bits per heavy atom. The number of hydrogen-bond acceptors (Lipinski definition) is 7. The van der Waals surface area contributed by atoms with Gasteiger partial charge in [0.1, 0.15) is 24.1 Å². The Balaban J connectivity index is 2.03. The predicted molar refractivity (Wildman–Crippen MR) is 90.8 cm³/mol. The van der Waals surface area contributed by atoms with E-state index in [9.17, 15) is 15.3 Å². The summed E-state index contributed by atoms with van der Waals surface area (Å²) in [6.45, 7) is 4.54. The minimum atomic E-state index is -1.25. The highest BCUT2D eigenvalue weighted by atomic mass is 16.7. The van der Waals surface area contributed by atoms with Crippen molar-refractivity contribution in [2.24, 2.45) is 5.92 Å². The number of rotatable bonds is 8. The summed E-state index contributed by atoms with van der Waals surface area (Å²) in [6, 6.07) is 0. The van der Waals surface area contributed by atoms with E-state index in [0.717, 1.165) is 37.5 Å². The van der Waals surface area contributed by atoms with Crippen molar-refractivity contribution in [2.75, 3.05) is 7.11 Å². The van der Waals surface area contributed by atoms with Crippen LogP contribution in [0.5, 0.6) is 0 Å². The Bertz CT molecular complexity index is 562. The minimum Gasteiger partial charge on any atom is -0.507 e. The maximum absolute atomic E-state index is 10.2. The molecule has 1 unspecified atom stereocenters. The van der Waals surface area contributed by atoms with Crippen LogP contribution >= 0.6 is 0 Å². The molecule has 25 heavy (non-hydrogen) atoms. The van der Waals surface area contributed by atoms with Gasteiger partial charge in [0, 0.05) is 13.3 Å². The molecule has 1 aliphatic heterocycles. The lowest BCUT2D eigenvalue weighted by molar-refractivity contribution is -0.179. The predicted octanol–water partition coefficient (Wildman–Crippen LogP) is 1.18. The van der Waals surface area contributed by atoms with Crippen molar-refractivity contribution in [1.82, 2.24) is 15.0 Å². The Hall–Kier alpha value is -1.48. The fraction of sp³-hybridized carbons (Fsp3) is 0.765. The van der Waals surface area contributed by atoms with Gasteiger partial charge in [0.2, 0.25) is 6.29 Å². The van der Waals surface area contributed by atoms with E-state index in [1.54, 1.807) is 4.68 Å². The SMILES string of the molecule is CCCC(CC)Cc1cn(C[C@H]2O[C@H](OC)C(O)=C[C@@H](O)[C@@H]2O)nn1. The van der Waals surface area contributed by atoms with Gasteiger partial charge in [0.15, 0.2) is 0 Å². The first-order valence-corrected chi connectivity index (χ1v) is 8.82. The molecule has 2 rings (SSSR count). The molecule has 0 aromatic carbocycles. The first-order valence-electron chi connectivity index (χ1n) is 8.82. The molecule has 5 atom stereocenters. The van der Waals surface area contributed by atoms with Crippen molar-refractivity contribution in [3.05, 3.63) is 23.7 Å². The summed E-state index contributed by atoms with van der Waals surface area (Å²) in [5.41, 5.74) is 0.897. The van der Waals surface area contributed by atoms with Gasteiger partial charge in [-0.2, -0.15) is 0 Å². The Morgan fingerprint density at radius 1 is 1.36 bits per heavy atom. The third-order valence-electron chi connectivity index (χ3n) is 4.55. The smallest absolute Gasteiger partial charge is 0.216 e. The van der Waals surface area contributed by atoms with Crippen molar-refractivity contribution in [3.63, 3.8) is 0 Å². The second-order valence-electron chi connectivity index (χ2n) is 6.51. The summed E-state index contributed by atoms with van der Waals surface area (Å²) in [4.78, 5) is 0. The molecule has 0 fully saturated rings. The van der Waals surface area contributed by atoms with Crippen LogP contribution in [0, 0.1) is 5.92 Å². The first-order chi connectivity index (χ1) is 12.0. The molecule has 1 aromatic heterocycles. The maximum atomic E-state index is 10.2. The van der Waals surface area contributed by atoms with Crippen LogP contribution in [0.4, 0.5) is 0 Å². The fourth-order valence-corrected chi connectivity index (χ4v) is 3.07. The topological polar surface area (TPSA) is 110 Å². The van der Waals surface area contributed by atoms with Gasteiger partial charge in [0.05, 0.1) is 12.2 Å². The van der Waals surface area contributed by atoms with Crippen LogP contribution in [0.2, 0.25) is 0 Å². The second kappa shape index (κ2) is 9.28. The molecule has 1 aromatic rings. The number of nitrogens with zero attached hydrogens (tertiary/aromatic N) is 3. The number of methoxy groups -OCH3 is 1. The number of aliphatic hydroxyl groups excluding tert-OH is 3. The lowest BCUT2D eigenvalue weighted by Gasteiger charge is -2.25. The van der Waals surface area contributed by atoms with Crippen LogP contribution in [0.15, 0.2) is 18.0 Å². The molecule has 142 valence electrons. The molecule has 0 spiro atoms. The van der Waals surface area contributed by atoms with Gasteiger partial charge in [-0.3, -0.25) is 0 Å². The van der Waals surface area contributed by atoms with Gasteiger partial charge in [0.25, 0.3) is 0 Å². The third kappa shape index (κ3) is 5.24. The minimum absolute atomic E-state index is 0.191. The zero-order chi connectivity index (χ0) is 18.4. The van der Waals surface area contributed by atoms with Gasteiger partial charge < -0.3 is 24.8 Å². The largest absolute Gasteiger partial charge is 0.507 e. The zero-order valence-corrected chi connectivity index (χ0v) is 15.1. The summed E-state index contributed by atoms with van der Waals surface area (Å²) in [7, 11) is 1.38. The van der Waals surface area contributed by atoms with E-state index >= 15 is 0 Å². The van der Waals surface area contributed by atoms with Crippen LogP contribution < -0.4 is 0 Å². The zero-order valence-electron chi connectivity index (χ0n) is 15.1. The van der Waals surface area contributed by atoms with E-state index in [0.29, 0.717) is 5.92 Å². The highest BCUT2D eigenvalue weighted by Gasteiger charge is 2.34. The monoisotopic (exact) mass is 355 g/mol. The van der Waals surface area contributed by atoms with E-state index in [1.807, 2.05) is 6.20 Å². The van der Waals surface area contributed by atoms with E-state index in [2.05, 4.69) is 24.2 Å². The van der Waals surface area contributed by atoms with Gasteiger partial charge in [-0.25, -0.2) is 4.68 Å². The molecule has 8 nitrogen and oxygen atoms in total. The standard InChI is InChI=1S/C17H29N3O5/c1-4-6-11(5-2)7-12-9-20(19-18-12)10-15-16(23)13(21)8-14(22)17(24-3)25-15/h8-9,11,13,15-17,21-23H,4-7,10H2,1-3H3/t11?,13-,15-,16+,17+/m1/s1. The van der Waals surface area contributed by atoms with E-state index in [-0.39, 0.29) is 12.3 Å². The Labute approximate surface area is 148 Å². The van der Waals surface area contributed by atoms with Crippen molar-refractivity contribution >= 4 is 0 Å². The molecule has 2 heterocycles. The molecule has 0 saturated heterocycles. The molecule has 8 heteroatoms. The van der Waals surface area contributed by atoms with Gasteiger partial charge in [-0.15, -0.1) is 5.10 Å². The molecule has 0 aliphatic carbocycles. The van der Waals surface area contributed by atoms with E-state index in [4.69, 9.17) is 9.47 Å². The summed E-state index contributed by atoms with van der Waals surface area (Å²) in [5.74, 6) is 0.317. The molecule has 0 bridgehead atoms. The van der Waals surface area contributed by atoms with Crippen LogP contribution in [0.3, 0.4) is 0 Å². The molecular formula is C17H29N3O5. The summed E-state index contributed by atoms with van der Waals surface area (Å²) in [6.07, 6.45) is 2.93. The quantitative estimate of drug-likeness (QED) is 0.642. The van der Waals surface area contributed by atoms with E-state index in [1.165, 1.54) is 7.11 Å². The van der Waals surface area contributed by atoms with Crippen molar-refractivity contribution in [3.8, 4) is 0 Å². The average molecular weight is 355 g/mol. The Kier molecular flexibility index (Phi) is 7.37. The molecule has 0 amide bonds. The number of aliphatic hydroxyl groups is 3. The van der Waals surface area contributed by atoms with Crippen LogP contribution in [0.1, 0.15) is 38.8 Å². The molecule has 0 radical (unpaired) electrons.